The van der Waals surface area contributed by atoms with Crippen molar-refractivity contribution in [1.29, 1.82) is 0 Å². The minimum atomic E-state index is -0.694. The first kappa shape index (κ1) is 26.1. The summed E-state index contributed by atoms with van der Waals surface area (Å²) in [5.41, 5.74) is 1.03. The molecule has 0 saturated carbocycles. The van der Waals surface area contributed by atoms with Crippen molar-refractivity contribution in [2.45, 2.75) is 45.2 Å². The van der Waals surface area contributed by atoms with Gasteiger partial charge in [-0.05, 0) is 74.6 Å². The topological polar surface area (TPSA) is 97.0 Å². The highest BCUT2D eigenvalue weighted by atomic mass is 16.5. The molecule has 3 rings (SSSR count). The Kier molecular flexibility index (Phi) is 9.11. The molecule has 2 unspecified atom stereocenters. The second kappa shape index (κ2) is 12.2. The first-order valence-electron chi connectivity index (χ1n) is 12.0. The Morgan fingerprint density at radius 3 is 2.20 bits per heavy atom. The molecule has 0 spiro atoms. The fourth-order valence-electron chi connectivity index (χ4n) is 4.17. The molecule has 2 N–H and O–H groups in total. The van der Waals surface area contributed by atoms with E-state index in [0.717, 1.165) is 6.42 Å². The molecule has 8 heteroatoms. The number of likely N-dealkylation sites (tertiary alicyclic amines) is 1. The van der Waals surface area contributed by atoms with Gasteiger partial charge < -0.3 is 25.0 Å². The Morgan fingerprint density at radius 1 is 0.943 bits per heavy atom. The monoisotopic (exact) mass is 481 g/mol. The lowest BCUT2D eigenvalue weighted by Crippen LogP contribution is -2.55. The molecule has 1 heterocycles. The second-order valence-corrected chi connectivity index (χ2v) is 8.86. The quantitative estimate of drug-likeness (QED) is 0.573. The molecule has 1 saturated heterocycles. The zero-order valence-corrected chi connectivity index (χ0v) is 20.9. The van der Waals surface area contributed by atoms with Crippen molar-refractivity contribution < 1.29 is 23.9 Å². The molecule has 3 amide bonds. The number of piperidine rings is 1. The van der Waals surface area contributed by atoms with Crippen LogP contribution in [0.5, 0.6) is 11.5 Å². The van der Waals surface area contributed by atoms with Crippen LogP contribution in [0.25, 0.3) is 0 Å². The third-order valence-corrected chi connectivity index (χ3v) is 6.54. The zero-order valence-electron chi connectivity index (χ0n) is 20.9. The van der Waals surface area contributed by atoms with E-state index in [-0.39, 0.29) is 29.7 Å². The molecule has 0 bridgehead atoms. The fraction of sp³-hybridized carbons (Fsp3) is 0.444. The first-order valence-corrected chi connectivity index (χ1v) is 12.0. The average molecular weight is 482 g/mol. The maximum Gasteiger partial charge on any atom is 0.253 e. The van der Waals surface area contributed by atoms with Gasteiger partial charge in [-0.1, -0.05) is 13.0 Å². The lowest BCUT2D eigenvalue weighted by molar-refractivity contribution is -0.125. The molecule has 188 valence electrons. The normalized spacial score (nSPS) is 15.6. The van der Waals surface area contributed by atoms with Gasteiger partial charge in [-0.2, -0.15) is 0 Å². The van der Waals surface area contributed by atoms with Crippen molar-refractivity contribution in [3.8, 4) is 11.5 Å². The van der Waals surface area contributed by atoms with Gasteiger partial charge in [0, 0.05) is 30.3 Å². The molecule has 1 aliphatic heterocycles. The van der Waals surface area contributed by atoms with Crippen LogP contribution in [0.15, 0.2) is 48.5 Å². The summed E-state index contributed by atoms with van der Waals surface area (Å²) in [5.74, 6) is 0.604. The summed E-state index contributed by atoms with van der Waals surface area (Å²) in [4.78, 5) is 40.9. The van der Waals surface area contributed by atoms with E-state index in [1.807, 2.05) is 13.8 Å². The molecule has 2 aromatic carbocycles. The summed E-state index contributed by atoms with van der Waals surface area (Å²) in [6.45, 7) is 4.96. The summed E-state index contributed by atoms with van der Waals surface area (Å²) in [6.07, 6.45) is 2.01. The molecule has 2 aromatic rings. The van der Waals surface area contributed by atoms with E-state index in [1.54, 1.807) is 67.7 Å². The number of carbonyl (C=O) groups excluding carboxylic acids is 3. The van der Waals surface area contributed by atoms with Crippen LogP contribution >= 0.6 is 0 Å². The van der Waals surface area contributed by atoms with Crippen LogP contribution in [0.3, 0.4) is 0 Å². The summed E-state index contributed by atoms with van der Waals surface area (Å²) in [5, 5.41) is 5.95. The van der Waals surface area contributed by atoms with Gasteiger partial charge in [-0.25, -0.2) is 0 Å². The van der Waals surface area contributed by atoms with Crippen molar-refractivity contribution >= 4 is 17.7 Å². The summed E-state index contributed by atoms with van der Waals surface area (Å²) in [6, 6.07) is 13.2. The van der Waals surface area contributed by atoms with Gasteiger partial charge in [0.15, 0.2) is 0 Å². The van der Waals surface area contributed by atoms with Crippen LogP contribution in [0.1, 0.15) is 53.8 Å². The van der Waals surface area contributed by atoms with Gasteiger partial charge in [0.2, 0.25) is 5.91 Å². The summed E-state index contributed by atoms with van der Waals surface area (Å²) >= 11 is 0. The van der Waals surface area contributed by atoms with Crippen molar-refractivity contribution in [2.24, 2.45) is 5.92 Å². The van der Waals surface area contributed by atoms with Crippen LogP contribution in [0.2, 0.25) is 0 Å². The lowest BCUT2D eigenvalue weighted by Gasteiger charge is -2.36. The highest BCUT2D eigenvalue weighted by Gasteiger charge is 2.34. The molecule has 2 atom stereocenters. The first-order chi connectivity index (χ1) is 16.9. The van der Waals surface area contributed by atoms with Gasteiger partial charge in [-0.3, -0.25) is 14.4 Å². The van der Waals surface area contributed by atoms with E-state index in [9.17, 15) is 14.4 Å². The maximum atomic E-state index is 13.2. The Bertz CT molecular complexity index is 1020. The van der Waals surface area contributed by atoms with E-state index in [0.29, 0.717) is 48.6 Å². The SMILES string of the molecule is CCC(C)NC(=O)C(NC(=O)c1cccc(OC)c1)C1CCN(C(=O)c2ccc(OC)cc2)CC1. The fourth-order valence-corrected chi connectivity index (χ4v) is 4.17. The van der Waals surface area contributed by atoms with Crippen LogP contribution < -0.4 is 20.1 Å². The van der Waals surface area contributed by atoms with E-state index in [4.69, 9.17) is 9.47 Å². The van der Waals surface area contributed by atoms with Gasteiger partial charge >= 0.3 is 0 Å². The molecule has 0 aromatic heterocycles. The molecule has 0 aliphatic carbocycles. The maximum absolute atomic E-state index is 13.2. The van der Waals surface area contributed by atoms with Gasteiger partial charge in [0.05, 0.1) is 14.2 Å². The van der Waals surface area contributed by atoms with Gasteiger partial charge in [-0.15, -0.1) is 0 Å². The van der Waals surface area contributed by atoms with Crippen LogP contribution in [-0.2, 0) is 4.79 Å². The number of amides is 3. The smallest absolute Gasteiger partial charge is 0.253 e. The number of methoxy groups -OCH3 is 2. The second-order valence-electron chi connectivity index (χ2n) is 8.86. The standard InChI is InChI=1S/C27H35N3O5/c1-5-18(2)28-26(32)24(29-25(31)21-7-6-8-23(17-21)35-4)19-13-15-30(16-14-19)27(33)20-9-11-22(34-3)12-10-20/h6-12,17-19,24H,5,13-16H2,1-4H3,(H,28,32)(H,29,31). The number of hydrogen-bond donors (Lipinski definition) is 2. The largest absolute Gasteiger partial charge is 0.497 e. The molecule has 1 fully saturated rings. The Balaban J connectivity index is 1.70. The number of carbonyl (C=O) groups is 3. The van der Waals surface area contributed by atoms with E-state index < -0.39 is 6.04 Å². The minimum Gasteiger partial charge on any atom is -0.497 e. The number of ether oxygens (including phenoxy) is 2. The molecule has 8 nitrogen and oxygen atoms in total. The van der Waals surface area contributed by atoms with E-state index in [1.165, 1.54) is 0 Å². The van der Waals surface area contributed by atoms with Crippen molar-refractivity contribution in [1.82, 2.24) is 15.5 Å². The highest BCUT2D eigenvalue weighted by Crippen LogP contribution is 2.24. The number of benzene rings is 2. The number of hydrogen-bond acceptors (Lipinski definition) is 5. The van der Waals surface area contributed by atoms with Crippen LogP contribution in [-0.4, -0.2) is 62.0 Å². The molecule has 1 aliphatic rings. The molecular weight excluding hydrogens is 446 g/mol. The highest BCUT2D eigenvalue weighted by molar-refractivity contribution is 5.98. The van der Waals surface area contributed by atoms with Crippen molar-refractivity contribution in [3.63, 3.8) is 0 Å². The van der Waals surface area contributed by atoms with Gasteiger partial charge in [0.1, 0.15) is 17.5 Å². The Labute approximate surface area is 207 Å². The molecular formula is C27H35N3O5. The zero-order chi connectivity index (χ0) is 25.4. The predicted molar refractivity (Wildman–Crippen MR) is 134 cm³/mol. The molecule has 0 radical (unpaired) electrons. The lowest BCUT2D eigenvalue weighted by atomic mass is 9.88. The predicted octanol–water partition coefficient (Wildman–Crippen LogP) is 3.27. The van der Waals surface area contributed by atoms with Gasteiger partial charge in [0.25, 0.3) is 11.8 Å². The van der Waals surface area contributed by atoms with Crippen LogP contribution in [0.4, 0.5) is 0 Å². The van der Waals surface area contributed by atoms with Crippen LogP contribution in [0, 0.1) is 5.92 Å². The molecule has 35 heavy (non-hydrogen) atoms. The Morgan fingerprint density at radius 2 is 1.60 bits per heavy atom. The average Bonchev–Trinajstić information content (AvgIpc) is 2.91. The number of nitrogens with zero attached hydrogens (tertiary/aromatic N) is 1. The summed E-state index contributed by atoms with van der Waals surface area (Å²) in [7, 11) is 3.13. The van der Waals surface area contributed by atoms with E-state index >= 15 is 0 Å². The minimum absolute atomic E-state index is 0.00420. The van der Waals surface area contributed by atoms with E-state index in [2.05, 4.69) is 10.6 Å². The number of nitrogens with one attached hydrogen (secondary N) is 2. The third kappa shape index (κ3) is 6.74. The number of rotatable bonds is 9. The Hall–Kier alpha value is -3.55. The van der Waals surface area contributed by atoms with Crippen molar-refractivity contribution in [3.05, 3.63) is 59.7 Å². The van der Waals surface area contributed by atoms with Crippen molar-refractivity contribution in [2.75, 3.05) is 27.3 Å². The summed E-state index contributed by atoms with van der Waals surface area (Å²) < 4.78 is 10.4. The third-order valence-electron chi connectivity index (χ3n) is 6.54.